The summed E-state index contributed by atoms with van der Waals surface area (Å²) < 4.78 is 27.8. The Balaban J connectivity index is 2.23. The van der Waals surface area contributed by atoms with Crippen molar-refractivity contribution in [3.05, 3.63) is 52.3 Å². The van der Waals surface area contributed by atoms with E-state index in [1.54, 1.807) is 16.9 Å². The fraction of sp³-hybridized carbons (Fsp3) is 0.308. The number of rotatable bonds is 6. The molecule has 0 fully saturated rings. The van der Waals surface area contributed by atoms with Crippen molar-refractivity contribution < 1.29 is 13.3 Å². The van der Waals surface area contributed by atoms with Gasteiger partial charge in [-0.1, -0.05) is 0 Å². The molecule has 0 saturated carbocycles. The molecule has 2 aromatic rings. The van der Waals surface area contributed by atoms with Gasteiger partial charge in [0.25, 0.3) is 5.69 Å². The van der Waals surface area contributed by atoms with E-state index < -0.39 is 14.9 Å². The first-order valence-electron chi connectivity index (χ1n) is 6.57. The molecule has 0 bridgehead atoms. The highest BCUT2D eigenvalue weighted by Crippen LogP contribution is 2.20. The Morgan fingerprint density at radius 1 is 1.27 bits per heavy atom. The van der Waals surface area contributed by atoms with Gasteiger partial charge in [0.15, 0.2) is 0 Å². The third-order valence-electron chi connectivity index (χ3n) is 3.24. The van der Waals surface area contributed by atoms with Gasteiger partial charge in [-0.15, -0.1) is 0 Å². The van der Waals surface area contributed by atoms with Crippen LogP contribution in [0.25, 0.3) is 0 Å². The molecule has 0 amide bonds. The first-order chi connectivity index (χ1) is 10.4. The zero-order valence-corrected chi connectivity index (χ0v) is 13.0. The molecule has 2 rings (SSSR count). The number of aromatic nitrogens is 2. The molecule has 1 aromatic carbocycles. The van der Waals surface area contributed by atoms with Crippen LogP contribution in [-0.2, 0) is 23.1 Å². The fourth-order valence-corrected chi connectivity index (χ4v) is 3.15. The molecule has 0 spiro atoms. The van der Waals surface area contributed by atoms with Gasteiger partial charge in [0.2, 0.25) is 10.0 Å². The number of benzene rings is 1. The Morgan fingerprint density at radius 2 is 1.91 bits per heavy atom. The summed E-state index contributed by atoms with van der Waals surface area (Å²) in [4.78, 5) is 10.1. The molecule has 0 saturated heterocycles. The first kappa shape index (κ1) is 16.1. The van der Waals surface area contributed by atoms with Crippen LogP contribution in [0.5, 0.6) is 0 Å². The van der Waals surface area contributed by atoms with Crippen molar-refractivity contribution in [3.8, 4) is 0 Å². The third-order valence-corrected chi connectivity index (χ3v) is 5.06. The summed E-state index contributed by atoms with van der Waals surface area (Å²) in [6.45, 7) is 2.74. The number of sulfonamides is 1. The van der Waals surface area contributed by atoms with Gasteiger partial charge >= 0.3 is 0 Å². The van der Waals surface area contributed by atoms with Crippen LogP contribution in [0.3, 0.4) is 0 Å². The minimum atomic E-state index is -3.71. The second kappa shape index (κ2) is 6.24. The van der Waals surface area contributed by atoms with E-state index >= 15 is 0 Å². The number of hydrogen-bond acceptors (Lipinski definition) is 5. The van der Waals surface area contributed by atoms with Crippen LogP contribution in [0.1, 0.15) is 12.6 Å². The topological polar surface area (TPSA) is 98.3 Å². The monoisotopic (exact) mass is 324 g/mol. The van der Waals surface area contributed by atoms with E-state index in [4.69, 9.17) is 0 Å². The highest BCUT2D eigenvalue weighted by atomic mass is 32.2. The lowest BCUT2D eigenvalue weighted by Crippen LogP contribution is -2.27. The molecular formula is C13H16N4O4S. The van der Waals surface area contributed by atoms with Crippen LogP contribution in [-0.4, -0.2) is 34.5 Å². The van der Waals surface area contributed by atoms with Crippen LogP contribution < -0.4 is 0 Å². The van der Waals surface area contributed by atoms with E-state index in [1.165, 1.54) is 35.6 Å². The van der Waals surface area contributed by atoms with E-state index in [9.17, 15) is 18.5 Å². The number of non-ortho nitro benzene ring substituents is 1. The second-order valence-electron chi connectivity index (χ2n) is 4.65. The fourth-order valence-electron chi connectivity index (χ4n) is 2.01. The van der Waals surface area contributed by atoms with Gasteiger partial charge in [-0.25, -0.2) is 8.42 Å². The second-order valence-corrected chi connectivity index (χ2v) is 6.70. The minimum absolute atomic E-state index is 0.0168. The van der Waals surface area contributed by atoms with E-state index in [2.05, 4.69) is 5.10 Å². The number of nitro groups is 1. The molecule has 22 heavy (non-hydrogen) atoms. The van der Waals surface area contributed by atoms with Crippen LogP contribution in [0.4, 0.5) is 5.69 Å². The molecule has 118 valence electrons. The summed E-state index contributed by atoms with van der Waals surface area (Å²) in [6.07, 6.45) is 1.62. The maximum atomic E-state index is 12.5. The minimum Gasteiger partial charge on any atom is -0.269 e. The van der Waals surface area contributed by atoms with Gasteiger partial charge in [0, 0.05) is 31.9 Å². The summed E-state index contributed by atoms with van der Waals surface area (Å²) in [5.41, 5.74) is 0.626. The molecule has 0 radical (unpaired) electrons. The van der Waals surface area contributed by atoms with E-state index in [-0.39, 0.29) is 17.1 Å². The SMILES string of the molecule is CCn1nccc1CN(C)S(=O)(=O)c1ccc([N+](=O)[O-])cc1. The van der Waals surface area contributed by atoms with Gasteiger partial charge in [0.05, 0.1) is 22.1 Å². The Bertz CT molecular complexity index is 768. The quantitative estimate of drug-likeness (QED) is 0.594. The van der Waals surface area contributed by atoms with Crippen molar-refractivity contribution in [2.24, 2.45) is 0 Å². The summed E-state index contributed by atoms with van der Waals surface area (Å²) >= 11 is 0. The molecule has 1 heterocycles. The number of nitrogens with zero attached hydrogens (tertiary/aromatic N) is 4. The van der Waals surface area contributed by atoms with Crippen LogP contribution in [0.2, 0.25) is 0 Å². The zero-order valence-electron chi connectivity index (χ0n) is 12.2. The summed E-state index contributed by atoms with van der Waals surface area (Å²) in [5, 5.41) is 14.7. The average Bonchev–Trinajstić information content (AvgIpc) is 2.94. The smallest absolute Gasteiger partial charge is 0.269 e. The maximum absolute atomic E-state index is 12.5. The summed E-state index contributed by atoms with van der Waals surface area (Å²) in [5.74, 6) is 0. The van der Waals surface area contributed by atoms with Crippen molar-refractivity contribution in [3.63, 3.8) is 0 Å². The molecule has 9 heteroatoms. The predicted molar refractivity (Wildman–Crippen MR) is 79.7 cm³/mol. The van der Waals surface area contributed by atoms with Crippen molar-refractivity contribution >= 4 is 15.7 Å². The van der Waals surface area contributed by atoms with E-state index in [0.717, 1.165) is 5.69 Å². The summed E-state index contributed by atoms with van der Waals surface area (Å²) in [7, 11) is -2.25. The highest BCUT2D eigenvalue weighted by molar-refractivity contribution is 7.89. The third kappa shape index (κ3) is 3.15. The number of nitro benzene ring substituents is 1. The van der Waals surface area contributed by atoms with Gasteiger partial charge < -0.3 is 0 Å². The highest BCUT2D eigenvalue weighted by Gasteiger charge is 2.22. The maximum Gasteiger partial charge on any atom is 0.269 e. The van der Waals surface area contributed by atoms with Crippen molar-refractivity contribution in [2.75, 3.05) is 7.05 Å². The zero-order chi connectivity index (χ0) is 16.3. The Morgan fingerprint density at radius 3 is 2.45 bits per heavy atom. The Hall–Kier alpha value is -2.26. The largest absolute Gasteiger partial charge is 0.269 e. The van der Waals surface area contributed by atoms with Crippen molar-refractivity contribution in [1.82, 2.24) is 14.1 Å². The first-order valence-corrected chi connectivity index (χ1v) is 8.01. The van der Waals surface area contributed by atoms with Crippen molar-refractivity contribution in [1.29, 1.82) is 0 Å². The van der Waals surface area contributed by atoms with Crippen LogP contribution >= 0.6 is 0 Å². The molecule has 0 unspecified atom stereocenters. The van der Waals surface area contributed by atoms with E-state index in [0.29, 0.717) is 6.54 Å². The van der Waals surface area contributed by atoms with E-state index in [1.807, 2.05) is 6.92 Å². The van der Waals surface area contributed by atoms with Gasteiger partial charge in [0.1, 0.15) is 0 Å². The van der Waals surface area contributed by atoms with Crippen LogP contribution in [0.15, 0.2) is 41.4 Å². The van der Waals surface area contributed by atoms with Crippen LogP contribution in [0, 0.1) is 10.1 Å². The van der Waals surface area contributed by atoms with Gasteiger partial charge in [-0.3, -0.25) is 14.8 Å². The molecule has 0 aliphatic heterocycles. The molecule has 0 N–H and O–H groups in total. The van der Waals surface area contributed by atoms with Crippen molar-refractivity contribution in [2.45, 2.75) is 24.9 Å². The number of hydrogen-bond donors (Lipinski definition) is 0. The molecule has 0 atom stereocenters. The lowest BCUT2D eigenvalue weighted by atomic mass is 10.3. The predicted octanol–water partition coefficient (Wildman–Crippen LogP) is 1.63. The molecular weight excluding hydrogens is 308 g/mol. The standard InChI is InChI=1S/C13H16N4O4S/c1-3-16-12(8-9-14-16)10-15(2)22(20,21)13-6-4-11(5-7-13)17(18)19/h4-9H,3,10H2,1-2H3. The molecule has 0 aliphatic rings. The van der Waals surface area contributed by atoms with Gasteiger partial charge in [-0.05, 0) is 25.1 Å². The van der Waals surface area contributed by atoms with Gasteiger partial charge in [-0.2, -0.15) is 9.40 Å². The number of aryl methyl sites for hydroxylation is 1. The Labute approximate surface area is 128 Å². The molecule has 0 aliphatic carbocycles. The lowest BCUT2D eigenvalue weighted by Gasteiger charge is -2.17. The lowest BCUT2D eigenvalue weighted by molar-refractivity contribution is -0.384. The normalized spacial score (nSPS) is 11.8. The Kier molecular flexibility index (Phi) is 4.57. The molecule has 1 aromatic heterocycles. The molecule has 8 nitrogen and oxygen atoms in total. The summed E-state index contributed by atoms with van der Waals surface area (Å²) in [6, 6.07) is 6.58. The average molecular weight is 324 g/mol.